The molecule has 2 aromatic rings. The van der Waals surface area contributed by atoms with Gasteiger partial charge in [0.05, 0.1) is 11.9 Å². The number of anilines is 1. The molecular formula is C18H21FN2O3S. The van der Waals surface area contributed by atoms with Crippen molar-refractivity contribution in [2.45, 2.75) is 26.4 Å². The molecule has 0 saturated heterocycles. The molecular weight excluding hydrogens is 343 g/mol. The summed E-state index contributed by atoms with van der Waals surface area (Å²) in [4.78, 5) is 12.5. The number of amides is 1. The zero-order chi connectivity index (χ0) is 18.6. The maximum atomic E-state index is 13.5. The van der Waals surface area contributed by atoms with Crippen LogP contribution in [-0.4, -0.2) is 26.6 Å². The fourth-order valence-electron chi connectivity index (χ4n) is 2.56. The van der Waals surface area contributed by atoms with Gasteiger partial charge >= 0.3 is 0 Å². The van der Waals surface area contributed by atoms with Crippen molar-refractivity contribution in [3.8, 4) is 0 Å². The molecule has 0 aromatic heterocycles. The Morgan fingerprint density at radius 3 is 2.48 bits per heavy atom. The lowest BCUT2D eigenvalue weighted by Crippen LogP contribution is -2.47. The molecule has 2 rings (SSSR count). The normalized spacial score (nSPS) is 12.5. The van der Waals surface area contributed by atoms with E-state index in [1.165, 1.54) is 25.1 Å². The summed E-state index contributed by atoms with van der Waals surface area (Å²) in [5, 5.41) is 2.74. The van der Waals surface area contributed by atoms with Crippen LogP contribution in [0.5, 0.6) is 0 Å². The Balaban J connectivity index is 2.20. The van der Waals surface area contributed by atoms with Gasteiger partial charge in [-0.3, -0.25) is 9.10 Å². The minimum absolute atomic E-state index is 0.112. The molecule has 0 bridgehead atoms. The topological polar surface area (TPSA) is 66.5 Å². The van der Waals surface area contributed by atoms with Gasteiger partial charge in [-0.15, -0.1) is 0 Å². The quantitative estimate of drug-likeness (QED) is 0.857. The molecule has 2 aromatic carbocycles. The molecule has 7 heteroatoms. The average Bonchev–Trinajstić information content (AvgIpc) is 2.52. The summed E-state index contributed by atoms with van der Waals surface area (Å²) in [7, 11) is -3.76. The van der Waals surface area contributed by atoms with Gasteiger partial charge in [-0.25, -0.2) is 12.8 Å². The molecule has 25 heavy (non-hydrogen) atoms. The molecule has 0 saturated carbocycles. The van der Waals surface area contributed by atoms with Crippen molar-refractivity contribution < 1.29 is 17.6 Å². The Morgan fingerprint density at radius 1 is 1.20 bits per heavy atom. The molecule has 134 valence electrons. The highest BCUT2D eigenvalue weighted by Crippen LogP contribution is 2.21. The Kier molecular flexibility index (Phi) is 5.79. The Hall–Kier alpha value is -2.41. The number of nitrogens with zero attached hydrogens (tertiary/aromatic N) is 1. The van der Waals surface area contributed by atoms with E-state index < -0.39 is 27.8 Å². The number of benzene rings is 2. The summed E-state index contributed by atoms with van der Waals surface area (Å²) >= 11 is 0. The van der Waals surface area contributed by atoms with Crippen LogP contribution in [0.1, 0.15) is 18.1 Å². The molecule has 0 aliphatic rings. The lowest BCUT2D eigenvalue weighted by Gasteiger charge is -2.28. The number of carbonyl (C=O) groups is 1. The van der Waals surface area contributed by atoms with E-state index in [2.05, 4.69) is 5.32 Å². The number of hydrogen-bond acceptors (Lipinski definition) is 3. The van der Waals surface area contributed by atoms with Gasteiger partial charge in [0.2, 0.25) is 15.9 Å². The molecule has 0 aliphatic heterocycles. The molecule has 0 fully saturated rings. The van der Waals surface area contributed by atoms with Crippen LogP contribution in [0, 0.1) is 12.7 Å². The number of hydrogen-bond donors (Lipinski definition) is 1. The molecule has 0 heterocycles. The van der Waals surface area contributed by atoms with E-state index in [0.29, 0.717) is 0 Å². The van der Waals surface area contributed by atoms with Crippen molar-refractivity contribution in [1.29, 1.82) is 0 Å². The van der Waals surface area contributed by atoms with Crippen LogP contribution < -0.4 is 9.62 Å². The van der Waals surface area contributed by atoms with Gasteiger partial charge in [-0.05, 0) is 43.2 Å². The molecule has 5 nitrogen and oxygen atoms in total. The average molecular weight is 364 g/mol. The van der Waals surface area contributed by atoms with Crippen LogP contribution >= 0.6 is 0 Å². The zero-order valence-corrected chi connectivity index (χ0v) is 15.2. The first-order valence-electron chi connectivity index (χ1n) is 7.77. The van der Waals surface area contributed by atoms with Crippen LogP contribution in [0.25, 0.3) is 0 Å². The van der Waals surface area contributed by atoms with Crippen LogP contribution in [0.15, 0.2) is 48.5 Å². The van der Waals surface area contributed by atoms with Crippen molar-refractivity contribution in [2.75, 3.05) is 10.6 Å². The second-order valence-electron chi connectivity index (χ2n) is 5.86. The van der Waals surface area contributed by atoms with Crippen molar-refractivity contribution in [1.82, 2.24) is 5.32 Å². The third kappa shape index (κ3) is 4.79. The summed E-state index contributed by atoms with van der Waals surface area (Å²) < 4.78 is 38.7. The van der Waals surface area contributed by atoms with Crippen molar-refractivity contribution in [3.05, 3.63) is 65.5 Å². The van der Waals surface area contributed by atoms with Gasteiger partial charge in [-0.2, -0.15) is 0 Å². The molecule has 0 spiro atoms. The van der Waals surface area contributed by atoms with Gasteiger partial charge in [0, 0.05) is 6.54 Å². The van der Waals surface area contributed by atoms with E-state index in [0.717, 1.165) is 27.8 Å². The predicted molar refractivity (Wildman–Crippen MR) is 96.2 cm³/mol. The van der Waals surface area contributed by atoms with Crippen molar-refractivity contribution in [3.63, 3.8) is 0 Å². The standard InChI is InChI=1S/C18H21FN2O3S/c1-13-7-4-5-8-15(13)12-20-18(22)14(2)21(25(3,23)24)17-10-6-9-16(19)11-17/h4-11,14H,12H2,1-3H3,(H,20,22)/t14-/m0/s1. The fraction of sp³-hybridized carbons (Fsp3) is 0.278. The number of nitrogens with one attached hydrogen (secondary N) is 1. The summed E-state index contributed by atoms with van der Waals surface area (Å²) in [6.45, 7) is 3.69. The second-order valence-corrected chi connectivity index (χ2v) is 7.72. The van der Waals surface area contributed by atoms with Gasteiger partial charge < -0.3 is 5.32 Å². The molecule has 1 amide bonds. The van der Waals surface area contributed by atoms with Crippen LogP contribution in [-0.2, 0) is 21.4 Å². The highest BCUT2D eigenvalue weighted by atomic mass is 32.2. The van der Waals surface area contributed by atoms with E-state index in [4.69, 9.17) is 0 Å². The number of rotatable bonds is 6. The molecule has 1 atom stereocenters. The van der Waals surface area contributed by atoms with E-state index in [-0.39, 0.29) is 12.2 Å². The SMILES string of the molecule is Cc1ccccc1CNC(=O)[C@H](C)N(c1cccc(F)c1)S(C)(=O)=O. The van der Waals surface area contributed by atoms with E-state index >= 15 is 0 Å². The third-order valence-corrected chi connectivity index (χ3v) is 5.11. The molecule has 1 N–H and O–H groups in total. The van der Waals surface area contributed by atoms with Crippen LogP contribution in [0.4, 0.5) is 10.1 Å². The number of aryl methyl sites for hydroxylation is 1. The molecule has 0 unspecified atom stereocenters. The van der Waals surface area contributed by atoms with E-state index in [1.54, 1.807) is 0 Å². The summed E-state index contributed by atoms with van der Waals surface area (Å²) in [6, 6.07) is 11.7. The smallest absolute Gasteiger partial charge is 0.243 e. The second kappa shape index (κ2) is 7.65. The van der Waals surface area contributed by atoms with Crippen LogP contribution in [0.3, 0.4) is 0 Å². The van der Waals surface area contributed by atoms with Gasteiger partial charge in [0.25, 0.3) is 0 Å². The highest BCUT2D eigenvalue weighted by molar-refractivity contribution is 7.92. The van der Waals surface area contributed by atoms with E-state index in [1.807, 2.05) is 31.2 Å². The number of sulfonamides is 1. The van der Waals surface area contributed by atoms with Gasteiger partial charge in [0.1, 0.15) is 11.9 Å². The summed E-state index contributed by atoms with van der Waals surface area (Å²) in [6.07, 6.45) is 0.989. The highest BCUT2D eigenvalue weighted by Gasteiger charge is 2.29. The van der Waals surface area contributed by atoms with Crippen molar-refractivity contribution >= 4 is 21.6 Å². The Bertz CT molecular complexity index is 868. The third-order valence-electron chi connectivity index (χ3n) is 3.87. The minimum Gasteiger partial charge on any atom is -0.350 e. The number of halogens is 1. The first kappa shape index (κ1) is 18.9. The Morgan fingerprint density at radius 2 is 1.88 bits per heavy atom. The Labute approximate surface area is 147 Å². The maximum Gasteiger partial charge on any atom is 0.243 e. The lowest BCUT2D eigenvalue weighted by atomic mass is 10.1. The van der Waals surface area contributed by atoms with E-state index in [9.17, 15) is 17.6 Å². The summed E-state index contributed by atoms with van der Waals surface area (Å²) in [5.41, 5.74) is 2.08. The zero-order valence-electron chi connectivity index (χ0n) is 14.4. The van der Waals surface area contributed by atoms with Gasteiger partial charge in [-0.1, -0.05) is 30.3 Å². The number of carbonyl (C=O) groups excluding carboxylic acids is 1. The fourth-order valence-corrected chi connectivity index (χ4v) is 3.73. The van der Waals surface area contributed by atoms with Crippen molar-refractivity contribution in [2.24, 2.45) is 0 Å². The van der Waals surface area contributed by atoms with Gasteiger partial charge in [0.15, 0.2) is 0 Å². The maximum absolute atomic E-state index is 13.5. The first-order chi connectivity index (χ1) is 11.7. The minimum atomic E-state index is -3.76. The predicted octanol–water partition coefficient (Wildman–Crippen LogP) is 2.61. The largest absolute Gasteiger partial charge is 0.350 e. The molecule has 0 radical (unpaired) electrons. The lowest BCUT2D eigenvalue weighted by molar-refractivity contribution is -0.122. The molecule has 0 aliphatic carbocycles. The first-order valence-corrected chi connectivity index (χ1v) is 9.62. The monoisotopic (exact) mass is 364 g/mol. The van der Waals surface area contributed by atoms with Crippen LogP contribution in [0.2, 0.25) is 0 Å². The summed E-state index contributed by atoms with van der Waals surface area (Å²) in [5.74, 6) is -1.03.